The van der Waals surface area contributed by atoms with Gasteiger partial charge < -0.3 is 9.47 Å². The summed E-state index contributed by atoms with van der Waals surface area (Å²) in [4.78, 5) is 2.39. The summed E-state index contributed by atoms with van der Waals surface area (Å²) in [7, 11) is 0. The molecule has 10 aromatic rings. The summed E-state index contributed by atoms with van der Waals surface area (Å²) < 4.78 is 2.37. The molecule has 0 bridgehead atoms. The maximum Gasteiger partial charge on any atom is 0.0541 e. The molecule has 2 heteroatoms. The molecule has 10 rings (SSSR count). The number of benzene rings is 9. The lowest BCUT2D eigenvalue weighted by molar-refractivity contribution is 1.17. The zero-order valence-corrected chi connectivity index (χ0v) is 29.7. The summed E-state index contributed by atoms with van der Waals surface area (Å²) in [6, 6.07) is 78.8. The van der Waals surface area contributed by atoms with Crippen molar-refractivity contribution in [2.45, 2.75) is 0 Å². The molecule has 0 amide bonds. The Hall–Kier alpha value is -7.16. The van der Waals surface area contributed by atoms with E-state index in [1.807, 2.05) is 0 Å². The van der Waals surface area contributed by atoms with Crippen LogP contribution in [0.3, 0.4) is 0 Å². The summed E-state index contributed by atoms with van der Waals surface area (Å²) in [6.45, 7) is 0. The maximum absolute atomic E-state index is 2.39. The smallest absolute Gasteiger partial charge is 0.0541 e. The summed E-state index contributed by atoms with van der Waals surface area (Å²) in [5, 5.41) is 5.03. The van der Waals surface area contributed by atoms with Gasteiger partial charge in [-0.1, -0.05) is 164 Å². The minimum Gasteiger partial charge on any atom is -0.310 e. The van der Waals surface area contributed by atoms with Gasteiger partial charge in [-0.05, 0) is 93.2 Å². The number of hydrogen-bond donors (Lipinski definition) is 0. The second-order valence-corrected chi connectivity index (χ2v) is 13.8. The molecule has 54 heavy (non-hydrogen) atoms. The highest BCUT2D eigenvalue weighted by molar-refractivity contribution is 6.09. The largest absolute Gasteiger partial charge is 0.310 e. The van der Waals surface area contributed by atoms with Crippen LogP contribution in [0.1, 0.15) is 0 Å². The van der Waals surface area contributed by atoms with Crippen LogP contribution in [-0.4, -0.2) is 4.57 Å². The van der Waals surface area contributed by atoms with Crippen LogP contribution in [0.25, 0.3) is 71.6 Å². The molecule has 1 aromatic heterocycles. The van der Waals surface area contributed by atoms with E-state index in [2.05, 4.69) is 228 Å². The number of para-hydroxylation sites is 3. The fourth-order valence-corrected chi connectivity index (χ4v) is 8.03. The number of hydrogen-bond acceptors (Lipinski definition) is 1. The predicted molar refractivity (Wildman–Crippen MR) is 229 cm³/mol. The number of nitrogens with zero attached hydrogens (tertiary/aromatic N) is 2. The van der Waals surface area contributed by atoms with Gasteiger partial charge in [0.25, 0.3) is 0 Å². The normalized spacial score (nSPS) is 11.3. The highest BCUT2D eigenvalue weighted by atomic mass is 15.1. The Balaban J connectivity index is 1.10. The molecule has 0 spiro atoms. The van der Waals surface area contributed by atoms with Gasteiger partial charge in [0.1, 0.15) is 0 Å². The first-order valence-electron chi connectivity index (χ1n) is 18.5. The standard InChI is InChI=1S/C52H36N2/c1-2-13-37(14-3-1)38-25-27-41(28-26-38)47-18-6-9-22-50(47)53(42-31-29-40(30-32-42)46-21-12-16-39-15-4-5-17-45(39)46)43-33-35-44(36-34-43)54-51-23-10-7-19-48(51)49-20-8-11-24-52(49)54/h1-36H. The van der Waals surface area contributed by atoms with E-state index in [9.17, 15) is 0 Å². The number of rotatable bonds is 7. The lowest BCUT2D eigenvalue weighted by Gasteiger charge is -2.28. The third kappa shape index (κ3) is 5.53. The molecule has 0 saturated heterocycles. The summed E-state index contributed by atoms with van der Waals surface area (Å²) in [6.07, 6.45) is 0. The van der Waals surface area contributed by atoms with Gasteiger partial charge in [-0.15, -0.1) is 0 Å². The molecule has 254 valence electrons. The first-order valence-corrected chi connectivity index (χ1v) is 18.5. The van der Waals surface area contributed by atoms with E-state index in [1.54, 1.807) is 0 Å². The molecular formula is C52H36N2. The van der Waals surface area contributed by atoms with Crippen molar-refractivity contribution in [3.8, 4) is 39.1 Å². The van der Waals surface area contributed by atoms with E-state index in [4.69, 9.17) is 0 Å². The van der Waals surface area contributed by atoms with Crippen molar-refractivity contribution in [1.82, 2.24) is 4.57 Å². The minimum atomic E-state index is 1.09. The van der Waals surface area contributed by atoms with Gasteiger partial charge in [-0.3, -0.25) is 0 Å². The van der Waals surface area contributed by atoms with Crippen LogP contribution in [0.4, 0.5) is 17.1 Å². The Labute approximate surface area is 315 Å². The highest BCUT2D eigenvalue weighted by Gasteiger charge is 2.19. The molecule has 2 nitrogen and oxygen atoms in total. The van der Waals surface area contributed by atoms with Crippen molar-refractivity contribution in [3.05, 3.63) is 218 Å². The zero-order chi connectivity index (χ0) is 35.8. The van der Waals surface area contributed by atoms with Gasteiger partial charge in [-0.2, -0.15) is 0 Å². The van der Waals surface area contributed by atoms with E-state index in [-0.39, 0.29) is 0 Å². The van der Waals surface area contributed by atoms with Gasteiger partial charge >= 0.3 is 0 Å². The van der Waals surface area contributed by atoms with Crippen LogP contribution < -0.4 is 4.90 Å². The first-order chi connectivity index (χ1) is 26.8. The van der Waals surface area contributed by atoms with Crippen LogP contribution in [0.2, 0.25) is 0 Å². The van der Waals surface area contributed by atoms with Crippen LogP contribution in [-0.2, 0) is 0 Å². The van der Waals surface area contributed by atoms with E-state index in [1.165, 1.54) is 66.0 Å². The van der Waals surface area contributed by atoms with E-state index >= 15 is 0 Å². The Morgan fingerprint density at radius 1 is 0.296 bits per heavy atom. The summed E-state index contributed by atoms with van der Waals surface area (Å²) in [5.74, 6) is 0. The van der Waals surface area contributed by atoms with E-state index in [0.29, 0.717) is 0 Å². The molecular weight excluding hydrogens is 653 g/mol. The van der Waals surface area contributed by atoms with Gasteiger partial charge in [0.05, 0.1) is 16.7 Å². The Morgan fingerprint density at radius 3 is 1.46 bits per heavy atom. The average molecular weight is 689 g/mol. The van der Waals surface area contributed by atoms with Crippen molar-refractivity contribution < 1.29 is 0 Å². The SMILES string of the molecule is c1ccc(-c2ccc(-c3ccccc3N(c3ccc(-c4cccc5ccccc45)cc3)c3ccc(-n4c5ccccc5c5ccccc54)cc3)cc2)cc1. The number of fused-ring (bicyclic) bond motifs is 4. The molecule has 0 atom stereocenters. The quantitative estimate of drug-likeness (QED) is 0.162. The second-order valence-electron chi connectivity index (χ2n) is 13.8. The van der Waals surface area contributed by atoms with Crippen LogP contribution in [0.5, 0.6) is 0 Å². The molecule has 0 unspecified atom stereocenters. The second kappa shape index (κ2) is 13.4. The van der Waals surface area contributed by atoms with Crippen molar-refractivity contribution >= 4 is 49.6 Å². The lowest BCUT2D eigenvalue weighted by Crippen LogP contribution is -2.11. The first kappa shape index (κ1) is 31.6. The van der Waals surface area contributed by atoms with Gasteiger partial charge in [0.15, 0.2) is 0 Å². The molecule has 0 aliphatic heterocycles. The number of aromatic nitrogens is 1. The molecule has 1 heterocycles. The minimum absolute atomic E-state index is 1.09. The Kier molecular flexibility index (Phi) is 7.85. The van der Waals surface area contributed by atoms with Crippen LogP contribution >= 0.6 is 0 Å². The lowest BCUT2D eigenvalue weighted by atomic mass is 9.97. The predicted octanol–water partition coefficient (Wildman–Crippen LogP) is 14.4. The van der Waals surface area contributed by atoms with Crippen molar-refractivity contribution in [3.63, 3.8) is 0 Å². The Morgan fingerprint density at radius 2 is 0.759 bits per heavy atom. The molecule has 0 N–H and O–H groups in total. The van der Waals surface area contributed by atoms with Crippen LogP contribution in [0, 0.1) is 0 Å². The van der Waals surface area contributed by atoms with Crippen molar-refractivity contribution in [2.24, 2.45) is 0 Å². The highest BCUT2D eigenvalue weighted by Crippen LogP contribution is 2.43. The molecule has 0 aliphatic carbocycles. The van der Waals surface area contributed by atoms with Gasteiger partial charge in [-0.25, -0.2) is 0 Å². The molecule has 0 aliphatic rings. The fraction of sp³-hybridized carbons (Fsp3) is 0. The van der Waals surface area contributed by atoms with Crippen LogP contribution in [0.15, 0.2) is 218 Å². The van der Waals surface area contributed by atoms with Gasteiger partial charge in [0.2, 0.25) is 0 Å². The Bertz CT molecular complexity index is 2840. The van der Waals surface area contributed by atoms with Crippen molar-refractivity contribution in [2.75, 3.05) is 4.90 Å². The molecule has 0 fully saturated rings. The third-order valence-electron chi connectivity index (χ3n) is 10.6. The molecule has 0 radical (unpaired) electrons. The monoisotopic (exact) mass is 688 g/mol. The topological polar surface area (TPSA) is 8.17 Å². The molecule has 9 aromatic carbocycles. The summed E-state index contributed by atoms with van der Waals surface area (Å²) >= 11 is 0. The van der Waals surface area contributed by atoms with Gasteiger partial charge in [0, 0.05) is 33.4 Å². The third-order valence-corrected chi connectivity index (χ3v) is 10.6. The molecule has 0 saturated carbocycles. The van der Waals surface area contributed by atoms with Crippen molar-refractivity contribution in [1.29, 1.82) is 0 Å². The fourth-order valence-electron chi connectivity index (χ4n) is 8.03. The number of anilines is 3. The zero-order valence-electron chi connectivity index (χ0n) is 29.7. The summed E-state index contributed by atoms with van der Waals surface area (Å²) in [5.41, 5.74) is 14.0. The van der Waals surface area contributed by atoms with E-state index < -0.39 is 0 Å². The van der Waals surface area contributed by atoms with E-state index in [0.717, 1.165) is 22.7 Å². The average Bonchev–Trinajstić information content (AvgIpc) is 3.59. The maximum atomic E-state index is 2.39.